The summed E-state index contributed by atoms with van der Waals surface area (Å²) in [7, 11) is 0. The minimum absolute atomic E-state index is 0.00518. The number of hydrogen-bond acceptors (Lipinski definition) is 0. The van der Waals surface area contributed by atoms with E-state index in [-0.39, 0.29) is 5.41 Å². The second-order valence-electron chi connectivity index (χ2n) is 15.6. The lowest BCUT2D eigenvalue weighted by Gasteiger charge is -2.32. The Kier molecular flexibility index (Phi) is 6.06. The Morgan fingerprint density at radius 1 is 0.412 bits per heavy atom. The summed E-state index contributed by atoms with van der Waals surface area (Å²) >= 11 is 0. The van der Waals surface area contributed by atoms with Gasteiger partial charge in [0.25, 0.3) is 0 Å². The number of hydrogen-bond donors (Lipinski definition) is 0. The molecule has 1 fully saturated rings. The fourth-order valence-corrected chi connectivity index (χ4v) is 10.1. The minimum Gasteiger partial charge on any atom is -0.0764 e. The third kappa shape index (κ3) is 4.26. The monoisotopic (exact) mass is 650 g/mol. The van der Waals surface area contributed by atoms with Gasteiger partial charge in [0.1, 0.15) is 0 Å². The maximum Gasteiger partial charge on any atom is 0.0159 e. The van der Waals surface area contributed by atoms with E-state index in [0.717, 1.165) is 0 Å². The highest BCUT2D eigenvalue weighted by atomic mass is 14.5. The van der Waals surface area contributed by atoms with Gasteiger partial charge in [0.15, 0.2) is 0 Å². The highest BCUT2D eigenvalue weighted by molar-refractivity contribution is 5.95. The van der Waals surface area contributed by atoms with Gasteiger partial charge in [-0.2, -0.15) is 0 Å². The molecular weight excluding hydrogens is 613 g/mol. The van der Waals surface area contributed by atoms with Crippen LogP contribution in [0.1, 0.15) is 30.5 Å². The van der Waals surface area contributed by atoms with Gasteiger partial charge in [0.05, 0.1) is 0 Å². The third-order valence-corrected chi connectivity index (χ3v) is 12.7. The van der Waals surface area contributed by atoms with E-state index in [1.807, 2.05) is 0 Å². The van der Waals surface area contributed by atoms with Gasteiger partial charge >= 0.3 is 0 Å². The van der Waals surface area contributed by atoms with Crippen molar-refractivity contribution in [2.75, 3.05) is 0 Å². The van der Waals surface area contributed by atoms with Gasteiger partial charge in [-0.15, -0.1) is 0 Å². The average molecular weight is 651 g/mol. The first-order chi connectivity index (χ1) is 25.0. The SMILES string of the molecule is CC1(C)c2ccccc2-c2ccc(-c3ccc4ccc(-c5ccc6cc(C7=CC=C8C9C=CC=CC9C9=CC=CC7C98)ccc6c5)cc4c3)cc21. The van der Waals surface area contributed by atoms with E-state index in [2.05, 4.69) is 184 Å². The van der Waals surface area contributed by atoms with Gasteiger partial charge in [-0.25, -0.2) is 0 Å². The van der Waals surface area contributed by atoms with Crippen LogP contribution in [-0.4, -0.2) is 0 Å². The second kappa shape index (κ2) is 10.6. The van der Waals surface area contributed by atoms with Gasteiger partial charge in [-0.1, -0.05) is 165 Å². The van der Waals surface area contributed by atoms with Crippen molar-refractivity contribution in [1.82, 2.24) is 0 Å². The zero-order chi connectivity index (χ0) is 33.8. The molecule has 51 heavy (non-hydrogen) atoms. The molecule has 0 nitrogen and oxygen atoms in total. The van der Waals surface area contributed by atoms with Crippen LogP contribution in [0.25, 0.3) is 60.5 Å². The van der Waals surface area contributed by atoms with Crippen molar-refractivity contribution in [3.05, 3.63) is 198 Å². The maximum atomic E-state index is 2.43. The largest absolute Gasteiger partial charge is 0.0764 e. The van der Waals surface area contributed by atoms with Crippen LogP contribution in [0.5, 0.6) is 0 Å². The molecule has 5 aliphatic carbocycles. The van der Waals surface area contributed by atoms with E-state index in [1.165, 1.54) is 77.2 Å². The smallest absolute Gasteiger partial charge is 0.0159 e. The molecule has 0 spiro atoms. The van der Waals surface area contributed by atoms with E-state index >= 15 is 0 Å². The Bertz CT molecular complexity index is 2680. The molecule has 6 aromatic rings. The molecule has 4 atom stereocenters. The van der Waals surface area contributed by atoms with Crippen molar-refractivity contribution >= 4 is 27.1 Å². The van der Waals surface area contributed by atoms with E-state index in [0.29, 0.717) is 23.7 Å². The predicted octanol–water partition coefficient (Wildman–Crippen LogP) is 13.1. The molecule has 0 heterocycles. The molecule has 11 rings (SSSR count). The van der Waals surface area contributed by atoms with Gasteiger partial charge < -0.3 is 0 Å². The van der Waals surface area contributed by atoms with Gasteiger partial charge in [-0.3, -0.25) is 0 Å². The van der Waals surface area contributed by atoms with E-state index in [4.69, 9.17) is 0 Å². The topological polar surface area (TPSA) is 0 Å². The summed E-state index contributed by atoms with van der Waals surface area (Å²) in [6.45, 7) is 4.71. The van der Waals surface area contributed by atoms with Crippen LogP contribution in [0.15, 0.2) is 181 Å². The van der Waals surface area contributed by atoms with Crippen molar-refractivity contribution in [3.63, 3.8) is 0 Å². The van der Waals surface area contributed by atoms with Crippen molar-refractivity contribution in [3.8, 4) is 33.4 Å². The molecular formula is C51H38. The summed E-state index contributed by atoms with van der Waals surface area (Å²) in [5, 5.41) is 5.11. The lowest BCUT2D eigenvalue weighted by Crippen LogP contribution is -2.20. The highest BCUT2D eigenvalue weighted by Crippen LogP contribution is 2.57. The first kappa shape index (κ1) is 29.1. The second-order valence-corrected chi connectivity index (χ2v) is 15.6. The lowest BCUT2D eigenvalue weighted by molar-refractivity contribution is 0.623. The standard InChI is InChI=1S/C51H38/c1-51(2)48-13-6-5-10-43(48)44-23-22-37(30-49(44)51)36-17-15-31-14-16-35(28-39(31)29-36)32-18-19-34-27-38(21-20-33(34)26-32)40-24-25-47-42-9-4-3-8-41(42)46-12-7-11-45(40)50(46)47/h3-30,41-42,45,50H,1-2H3. The maximum absolute atomic E-state index is 2.43. The van der Waals surface area contributed by atoms with Crippen molar-refractivity contribution < 1.29 is 0 Å². The van der Waals surface area contributed by atoms with Crippen LogP contribution < -0.4 is 0 Å². The Balaban J connectivity index is 0.911. The summed E-state index contributed by atoms with van der Waals surface area (Å²) in [4.78, 5) is 0. The molecule has 5 aliphatic rings. The van der Waals surface area contributed by atoms with E-state index in [9.17, 15) is 0 Å². The molecule has 0 radical (unpaired) electrons. The zero-order valence-corrected chi connectivity index (χ0v) is 29.0. The molecule has 0 N–H and O–H groups in total. The molecule has 1 saturated carbocycles. The van der Waals surface area contributed by atoms with Crippen LogP contribution in [0, 0.1) is 23.7 Å². The molecule has 0 heteroatoms. The van der Waals surface area contributed by atoms with Crippen LogP contribution >= 0.6 is 0 Å². The van der Waals surface area contributed by atoms with Crippen LogP contribution in [0.4, 0.5) is 0 Å². The molecule has 242 valence electrons. The Hall–Kier alpha value is -5.72. The number of benzene rings is 6. The first-order valence-electron chi connectivity index (χ1n) is 18.5. The highest BCUT2D eigenvalue weighted by Gasteiger charge is 2.46. The Morgan fingerprint density at radius 2 is 0.961 bits per heavy atom. The predicted molar refractivity (Wildman–Crippen MR) is 215 cm³/mol. The van der Waals surface area contributed by atoms with Crippen LogP contribution in [0.3, 0.4) is 0 Å². The normalized spacial score (nSPS) is 23.0. The van der Waals surface area contributed by atoms with Gasteiger partial charge in [0, 0.05) is 29.1 Å². The van der Waals surface area contributed by atoms with E-state index < -0.39 is 0 Å². The quantitative estimate of drug-likeness (QED) is 0.179. The third-order valence-electron chi connectivity index (χ3n) is 12.7. The number of allylic oxidation sites excluding steroid dienone is 12. The number of rotatable bonds is 3. The van der Waals surface area contributed by atoms with Gasteiger partial charge in [0.2, 0.25) is 0 Å². The summed E-state index contributed by atoms with van der Waals surface area (Å²) in [5.41, 5.74) is 16.5. The fourth-order valence-electron chi connectivity index (χ4n) is 10.1. The summed E-state index contributed by atoms with van der Waals surface area (Å²) in [6, 6.07) is 43.8. The molecule has 0 aliphatic heterocycles. The molecule has 6 aromatic carbocycles. The van der Waals surface area contributed by atoms with E-state index in [1.54, 1.807) is 11.1 Å². The average Bonchev–Trinajstić information content (AvgIpc) is 3.63. The summed E-state index contributed by atoms with van der Waals surface area (Å²) in [5.74, 6) is 1.90. The first-order valence-corrected chi connectivity index (χ1v) is 18.5. The number of fused-ring (bicyclic) bond motifs is 8. The van der Waals surface area contributed by atoms with Crippen LogP contribution in [0.2, 0.25) is 0 Å². The van der Waals surface area contributed by atoms with Crippen LogP contribution in [-0.2, 0) is 5.41 Å². The lowest BCUT2D eigenvalue weighted by atomic mass is 9.72. The van der Waals surface area contributed by atoms with Gasteiger partial charge in [-0.05, 0) is 108 Å². The molecule has 4 unspecified atom stereocenters. The molecule has 0 aromatic heterocycles. The molecule has 0 amide bonds. The molecule has 0 saturated heterocycles. The zero-order valence-electron chi connectivity index (χ0n) is 29.0. The van der Waals surface area contributed by atoms with Crippen molar-refractivity contribution in [2.24, 2.45) is 23.7 Å². The Labute approximate surface area is 300 Å². The molecule has 0 bridgehead atoms. The summed E-state index contributed by atoms with van der Waals surface area (Å²) < 4.78 is 0. The fraction of sp³-hybridized carbons (Fsp3) is 0.137. The summed E-state index contributed by atoms with van der Waals surface area (Å²) in [6.07, 6.45) is 21.2. The Morgan fingerprint density at radius 3 is 1.71 bits per heavy atom. The van der Waals surface area contributed by atoms with Crippen molar-refractivity contribution in [2.45, 2.75) is 19.3 Å². The minimum atomic E-state index is -0.00518. The van der Waals surface area contributed by atoms with Crippen molar-refractivity contribution in [1.29, 1.82) is 0 Å².